The van der Waals surface area contributed by atoms with Crippen molar-refractivity contribution >= 4 is 11.6 Å². The van der Waals surface area contributed by atoms with E-state index in [2.05, 4.69) is 10.6 Å². The third-order valence-electron chi connectivity index (χ3n) is 3.16. The molecule has 3 nitrogen and oxygen atoms in total. The summed E-state index contributed by atoms with van der Waals surface area (Å²) in [5.41, 5.74) is 0.138. The molecule has 1 aliphatic rings. The first-order chi connectivity index (χ1) is 8.56. The molecule has 5 heteroatoms. The van der Waals surface area contributed by atoms with Gasteiger partial charge in [0, 0.05) is 12.5 Å². The first-order valence-corrected chi connectivity index (χ1v) is 6.02. The molecule has 2 N–H and O–H groups in total. The summed E-state index contributed by atoms with van der Waals surface area (Å²) in [5.74, 6) is -1.12. The van der Waals surface area contributed by atoms with E-state index >= 15 is 0 Å². The van der Waals surface area contributed by atoms with Gasteiger partial charge in [0.1, 0.15) is 11.6 Å². The minimum atomic E-state index is -0.605. The summed E-state index contributed by atoms with van der Waals surface area (Å²) in [4.78, 5) is 11.7. The standard InChI is InChI=1S/C13H16F2N2O/c1-8-4-11(15)12(6-10(8)14)17-13(18)5-9-2-3-16-7-9/h4,6,9,16H,2-3,5,7H2,1H3,(H,17,18). The van der Waals surface area contributed by atoms with Crippen LogP contribution >= 0.6 is 0 Å². The van der Waals surface area contributed by atoms with Crippen molar-refractivity contribution in [2.45, 2.75) is 19.8 Å². The zero-order valence-corrected chi connectivity index (χ0v) is 10.2. The summed E-state index contributed by atoms with van der Waals surface area (Å²) in [6, 6.07) is 2.11. The van der Waals surface area contributed by atoms with Crippen LogP contribution in [0.3, 0.4) is 0 Å². The number of hydrogen-bond donors (Lipinski definition) is 2. The van der Waals surface area contributed by atoms with Gasteiger partial charge in [-0.1, -0.05) is 0 Å². The Morgan fingerprint density at radius 1 is 1.44 bits per heavy atom. The van der Waals surface area contributed by atoms with Gasteiger partial charge in [0.25, 0.3) is 0 Å². The molecule has 1 unspecified atom stereocenters. The molecule has 0 spiro atoms. The molecule has 0 bridgehead atoms. The maximum Gasteiger partial charge on any atom is 0.224 e. The third-order valence-corrected chi connectivity index (χ3v) is 3.16. The fourth-order valence-corrected chi connectivity index (χ4v) is 2.09. The van der Waals surface area contributed by atoms with Crippen LogP contribution in [-0.2, 0) is 4.79 Å². The SMILES string of the molecule is Cc1cc(F)c(NC(=O)CC2CCNC2)cc1F. The van der Waals surface area contributed by atoms with Crippen LogP contribution in [0.4, 0.5) is 14.5 Å². The summed E-state index contributed by atoms with van der Waals surface area (Å²) >= 11 is 0. The minimum Gasteiger partial charge on any atom is -0.324 e. The van der Waals surface area contributed by atoms with E-state index in [4.69, 9.17) is 0 Å². The number of carbonyl (C=O) groups excluding carboxylic acids is 1. The highest BCUT2D eigenvalue weighted by Gasteiger charge is 2.19. The van der Waals surface area contributed by atoms with Crippen LogP contribution in [0, 0.1) is 24.5 Å². The quantitative estimate of drug-likeness (QED) is 0.868. The highest BCUT2D eigenvalue weighted by molar-refractivity contribution is 5.91. The largest absolute Gasteiger partial charge is 0.324 e. The molecular formula is C13H16F2N2O. The molecule has 1 fully saturated rings. The molecule has 1 heterocycles. The number of rotatable bonds is 3. The van der Waals surface area contributed by atoms with Crippen molar-refractivity contribution in [1.82, 2.24) is 5.32 Å². The van der Waals surface area contributed by atoms with Gasteiger partial charge in [-0.05, 0) is 44.0 Å². The van der Waals surface area contributed by atoms with Crippen molar-refractivity contribution in [1.29, 1.82) is 0 Å². The number of hydrogen-bond acceptors (Lipinski definition) is 2. The molecule has 2 rings (SSSR count). The Labute approximate surface area is 105 Å². The fraction of sp³-hybridized carbons (Fsp3) is 0.462. The zero-order valence-electron chi connectivity index (χ0n) is 10.2. The van der Waals surface area contributed by atoms with Crippen LogP contribution in [0.15, 0.2) is 12.1 Å². The van der Waals surface area contributed by atoms with Gasteiger partial charge in [-0.2, -0.15) is 0 Å². The minimum absolute atomic E-state index is 0.0888. The van der Waals surface area contributed by atoms with E-state index in [1.807, 2.05) is 0 Å². The zero-order chi connectivity index (χ0) is 13.1. The molecule has 18 heavy (non-hydrogen) atoms. The summed E-state index contributed by atoms with van der Waals surface area (Å²) < 4.78 is 26.8. The van der Waals surface area contributed by atoms with Crippen molar-refractivity contribution in [2.24, 2.45) is 5.92 Å². The Morgan fingerprint density at radius 3 is 2.89 bits per heavy atom. The van der Waals surface area contributed by atoms with Gasteiger partial charge in [-0.15, -0.1) is 0 Å². The van der Waals surface area contributed by atoms with E-state index in [0.717, 1.165) is 31.6 Å². The van der Waals surface area contributed by atoms with E-state index in [9.17, 15) is 13.6 Å². The average Bonchev–Trinajstić information content (AvgIpc) is 2.78. The van der Waals surface area contributed by atoms with E-state index in [1.165, 1.54) is 6.92 Å². The van der Waals surface area contributed by atoms with Gasteiger partial charge >= 0.3 is 0 Å². The molecule has 1 amide bonds. The number of aryl methyl sites for hydroxylation is 1. The summed E-state index contributed by atoms with van der Waals surface area (Å²) in [6.07, 6.45) is 1.28. The second-order valence-electron chi connectivity index (χ2n) is 4.69. The average molecular weight is 254 g/mol. The van der Waals surface area contributed by atoms with Gasteiger partial charge in [0.2, 0.25) is 5.91 Å². The van der Waals surface area contributed by atoms with Crippen LogP contribution in [0.25, 0.3) is 0 Å². The lowest BCUT2D eigenvalue weighted by Crippen LogP contribution is -2.19. The van der Waals surface area contributed by atoms with Gasteiger partial charge < -0.3 is 10.6 Å². The highest BCUT2D eigenvalue weighted by atomic mass is 19.1. The molecule has 1 atom stereocenters. The third kappa shape index (κ3) is 3.04. The summed E-state index contributed by atoms with van der Waals surface area (Å²) in [7, 11) is 0. The second kappa shape index (κ2) is 5.44. The molecule has 0 aliphatic carbocycles. The molecule has 1 aliphatic heterocycles. The van der Waals surface area contributed by atoms with E-state index in [1.54, 1.807) is 0 Å². The Bertz CT molecular complexity index is 457. The van der Waals surface area contributed by atoms with Crippen molar-refractivity contribution in [3.63, 3.8) is 0 Å². The Kier molecular flexibility index (Phi) is 3.91. The lowest BCUT2D eigenvalue weighted by Gasteiger charge is -2.10. The van der Waals surface area contributed by atoms with Gasteiger partial charge in [0.15, 0.2) is 0 Å². The predicted molar refractivity (Wildman–Crippen MR) is 65.3 cm³/mol. The normalized spacial score (nSPS) is 18.9. The number of carbonyl (C=O) groups is 1. The smallest absolute Gasteiger partial charge is 0.224 e. The van der Waals surface area contributed by atoms with Gasteiger partial charge in [0.05, 0.1) is 5.69 Å². The number of amides is 1. The van der Waals surface area contributed by atoms with E-state index in [-0.39, 0.29) is 23.1 Å². The van der Waals surface area contributed by atoms with Crippen LogP contribution in [0.5, 0.6) is 0 Å². The number of benzene rings is 1. The second-order valence-corrected chi connectivity index (χ2v) is 4.69. The van der Waals surface area contributed by atoms with Crippen molar-refractivity contribution < 1.29 is 13.6 Å². The molecule has 1 aromatic carbocycles. The number of nitrogens with one attached hydrogen (secondary N) is 2. The van der Waals surface area contributed by atoms with Crippen LogP contribution < -0.4 is 10.6 Å². The Morgan fingerprint density at radius 2 is 2.22 bits per heavy atom. The topological polar surface area (TPSA) is 41.1 Å². The van der Waals surface area contributed by atoms with Crippen LogP contribution in [0.2, 0.25) is 0 Å². The monoisotopic (exact) mass is 254 g/mol. The molecule has 1 saturated heterocycles. The summed E-state index contributed by atoms with van der Waals surface area (Å²) in [5, 5.41) is 5.58. The van der Waals surface area contributed by atoms with Crippen LogP contribution in [-0.4, -0.2) is 19.0 Å². The first-order valence-electron chi connectivity index (χ1n) is 6.02. The van der Waals surface area contributed by atoms with Crippen molar-refractivity contribution in [3.8, 4) is 0 Å². The lowest BCUT2D eigenvalue weighted by molar-refractivity contribution is -0.117. The van der Waals surface area contributed by atoms with Gasteiger partial charge in [-0.25, -0.2) is 8.78 Å². The van der Waals surface area contributed by atoms with Crippen molar-refractivity contribution in [3.05, 3.63) is 29.3 Å². The van der Waals surface area contributed by atoms with E-state index in [0.29, 0.717) is 6.42 Å². The molecule has 0 saturated carbocycles. The highest BCUT2D eigenvalue weighted by Crippen LogP contribution is 2.20. The van der Waals surface area contributed by atoms with Crippen LogP contribution in [0.1, 0.15) is 18.4 Å². The molecule has 1 aromatic rings. The lowest BCUT2D eigenvalue weighted by atomic mass is 10.0. The molecule has 0 aromatic heterocycles. The number of anilines is 1. The van der Waals surface area contributed by atoms with Crippen molar-refractivity contribution in [2.75, 3.05) is 18.4 Å². The predicted octanol–water partition coefficient (Wildman–Crippen LogP) is 2.21. The maximum absolute atomic E-state index is 13.5. The molecule has 0 radical (unpaired) electrons. The summed E-state index contributed by atoms with van der Waals surface area (Å²) in [6.45, 7) is 3.19. The molecular weight excluding hydrogens is 238 g/mol. The molecule has 98 valence electrons. The first kappa shape index (κ1) is 13.0. The van der Waals surface area contributed by atoms with Gasteiger partial charge in [-0.3, -0.25) is 4.79 Å². The van der Waals surface area contributed by atoms with E-state index < -0.39 is 11.6 Å². The Balaban J connectivity index is 2.00. The maximum atomic E-state index is 13.5. The Hall–Kier alpha value is -1.49. The number of halogens is 2. The fourth-order valence-electron chi connectivity index (χ4n) is 2.09.